The van der Waals surface area contributed by atoms with Crippen molar-refractivity contribution in [3.63, 3.8) is 0 Å². The summed E-state index contributed by atoms with van der Waals surface area (Å²) in [5.74, 6) is -0.695. The van der Waals surface area contributed by atoms with Gasteiger partial charge in [-0.2, -0.15) is 0 Å². The molecular weight excluding hydrogens is 377 g/mol. The molecule has 1 saturated heterocycles. The topological polar surface area (TPSA) is 91.9 Å². The molecule has 7 heteroatoms. The Hall–Kier alpha value is -2.22. The molecule has 0 bridgehead atoms. The van der Waals surface area contributed by atoms with Crippen LogP contribution in [-0.4, -0.2) is 38.1 Å². The molecule has 29 heavy (non-hydrogen) atoms. The van der Waals surface area contributed by atoms with E-state index in [0.717, 1.165) is 17.0 Å². The van der Waals surface area contributed by atoms with E-state index in [-0.39, 0.29) is 31.4 Å². The fourth-order valence-corrected chi connectivity index (χ4v) is 4.23. The zero-order valence-corrected chi connectivity index (χ0v) is 16.8. The first kappa shape index (κ1) is 21.5. The molecule has 0 amide bonds. The molecule has 6 nitrogen and oxygen atoms in total. The van der Waals surface area contributed by atoms with E-state index in [4.69, 9.17) is 4.74 Å². The van der Waals surface area contributed by atoms with Gasteiger partial charge < -0.3 is 24.6 Å². The number of aliphatic hydroxyl groups excluding tert-OH is 3. The lowest BCUT2D eigenvalue weighted by Gasteiger charge is -2.27. The highest BCUT2D eigenvalue weighted by Crippen LogP contribution is 2.36. The molecule has 1 aliphatic rings. The maximum absolute atomic E-state index is 13.5. The summed E-state index contributed by atoms with van der Waals surface area (Å²) < 4.78 is 20.8. The molecule has 0 saturated carbocycles. The normalized spacial score (nSPS) is 19.6. The summed E-state index contributed by atoms with van der Waals surface area (Å²) >= 11 is 0. The van der Waals surface area contributed by atoms with Gasteiger partial charge in [-0.3, -0.25) is 4.79 Å². The van der Waals surface area contributed by atoms with Gasteiger partial charge in [0.1, 0.15) is 11.9 Å². The van der Waals surface area contributed by atoms with Crippen molar-refractivity contribution >= 4 is 5.97 Å². The van der Waals surface area contributed by atoms with Gasteiger partial charge in [-0.15, -0.1) is 0 Å². The van der Waals surface area contributed by atoms with Crippen LogP contribution in [0.4, 0.5) is 4.39 Å². The first-order chi connectivity index (χ1) is 13.8. The highest BCUT2D eigenvalue weighted by atomic mass is 19.1. The number of halogens is 1. The van der Waals surface area contributed by atoms with Crippen molar-refractivity contribution in [1.29, 1.82) is 0 Å². The molecule has 3 rings (SSSR count). The van der Waals surface area contributed by atoms with E-state index in [2.05, 4.69) is 0 Å². The molecule has 2 atom stereocenters. The summed E-state index contributed by atoms with van der Waals surface area (Å²) in [4.78, 5) is 11.7. The van der Waals surface area contributed by atoms with Crippen molar-refractivity contribution in [2.45, 2.75) is 71.0 Å². The molecule has 0 unspecified atom stereocenters. The van der Waals surface area contributed by atoms with Crippen molar-refractivity contribution in [3.8, 4) is 11.3 Å². The fourth-order valence-electron chi connectivity index (χ4n) is 4.23. The molecule has 1 aromatic carbocycles. The van der Waals surface area contributed by atoms with Gasteiger partial charge >= 0.3 is 5.97 Å². The smallest absolute Gasteiger partial charge is 0.308 e. The number of cyclic esters (lactones) is 1. The summed E-state index contributed by atoms with van der Waals surface area (Å²) in [6.07, 6.45) is -0.212. The Bertz CT molecular complexity index is 859. The Morgan fingerprint density at radius 3 is 2.38 bits per heavy atom. The number of hydrogen-bond donors (Lipinski definition) is 3. The lowest BCUT2D eigenvalue weighted by Crippen LogP contribution is -2.33. The second-order valence-electron chi connectivity index (χ2n) is 7.81. The van der Waals surface area contributed by atoms with Crippen molar-refractivity contribution in [1.82, 2.24) is 4.57 Å². The number of hydrogen-bond acceptors (Lipinski definition) is 5. The summed E-state index contributed by atoms with van der Waals surface area (Å²) in [6, 6.07) is 6.02. The molecule has 0 aliphatic carbocycles. The first-order valence-corrected chi connectivity index (χ1v) is 9.95. The molecule has 2 heterocycles. The van der Waals surface area contributed by atoms with Gasteiger partial charge in [0.25, 0.3) is 0 Å². The lowest BCUT2D eigenvalue weighted by molar-refractivity contribution is -0.160. The third-order valence-corrected chi connectivity index (χ3v) is 5.41. The number of aromatic nitrogens is 1. The zero-order valence-electron chi connectivity index (χ0n) is 16.8. The number of carbonyl (C=O) groups is 1. The van der Waals surface area contributed by atoms with Crippen LogP contribution in [0.2, 0.25) is 0 Å². The summed E-state index contributed by atoms with van der Waals surface area (Å²) in [5.41, 5.74) is 3.63. The Balaban J connectivity index is 2.04. The average molecular weight is 405 g/mol. The van der Waals surface area contributed by atoms with Crippen LogP contribution in [-0.2, 0) is 29.3 Å². The standard InChI is InChI=1S/C22H28FNO5/c1-13(2)21-18(11-25)19(12-26)22(14-3-5-15(23)6-4-14)24(21)8-7-17-9-16(27)10-20(28)29-17/h3-6,13,16-17,25-27H,7-12H2,1-2H3/t16-,17-/m0/s1. The van der Waals surface area contributed by atoms with E-state index < -0.39 is 18.2 Å². The molecule has 1 aromatic heterocycles. The Morgan fingerprint density at radius 2 is 1.83 bits per heavy atom. The minimum Gasteiger partial charge on any atom is -0.462 e. The molecule has 158 valence electrons. The van der Waals surface area contributed by atoms with Crippen molar-refractivity contribution in [2.24, 2.45) is 0 Å². The zero-order chi connectivity index (χ0) is 21.1. The maximum Gasteiger partial charge on any atom is 0.308 e. The van der Waals surface area contributed by atoms with Gasteiger partial charge in [-0.25, -0.2) is 4.39 Å². The second-order valence-corrected chi connectivity index (χ2v) is 7.81. The van der Waals surface area contributed by atoms with Gasteiger partial charge in [-0.05, 0) is 35.7 Å². The number of aliphatic hydroxyl groups is 3. The third-order valence-electron chi connectivity index (χ3n) is 5.41. The first-order valence-electron chi connectivity index (χ1n) is 9.95. The van der Waals surface area contributed by atoms with Gasteiger partial charge in [-0.1, -0.05) is 13.8 Å². The van der Waals surface area contributed by atoms with Crippen LogP contribution in [0.25, 0.3) is 11.3 Å². The number of nitrogens with zero attached hydrogens (tertiary/aromatic N) is 1. The molecule has 2 aromatic rings. The average Bonchev–Trinajstić information content (AvgIpc) is 2.99. The van der Waals surface area contributed by atoms with Crippen LogP contribution < -0.4 is 0 Å². The van der Waals surface area contributed by atoms with Gasteiger partial charge in [0.05, 0.1) is 31.4 Å². The largest absolute Gasteiger partial charge is 0.462 e. The van der Waals surface area contributed by atoms with Crippen molar-refractivity contribution < 1.29 is 29.2 Å². The van der Waals surface area contributed by atoms with Crippen LogP contribution in [0.1, 0.15) is 55.8 Å². The Morgan fingerprint density at radius 1 is 1.17 bits per heavy atom. The van der Waals surface area contributed by atoms with Crippen molar-refractivity contribution in [3.05, 3.63) is 46.9 Å². The highest BCUT2D eigenvalue weighted by Gasteiger charge is 2.29. The van der Waals surface area contributed by atoms with E-state index >= 15 is 0 Å². The maximum atomic E-state index is 13.5. The van der Waals surface area contributed by atoms with E-state index in [0.29, 0.717) is 30.5 Å². The molecule has 0 spiro atoms. The number of rotatable bonds is 7. The van der Waals surface area contributed by atoms with Crippen LogP contribution >= 0.6 is 0 Å². The van der Waals surface area contributed by atoms with Gasteiger partial charge in [0, 0.05) is 36.2 Å². The van der Waals surface area contributed by atoms with E-state index in [1.54, 1.807) is 12.1 Å². The van der Waals surface area contributed by atoms with E-state index in [1.807, 2.05) is 18.4 Å². The number of esters is 1. The van der Waals surface area contributed by atoms with Crippen LogP contribution in [0.15, 0.2) is 24.3 Å². The minimum atomic E-state index is -0.701. The Kier molecular flexibility index (Phi) is 6.72. The van der Waals surface area contributed by atoms with Crippen molar-refractivity contribution in [2.75, 3.05) is 0 Å². The third kappa shape index (κ3) is 4.52. The SMILES string of the molecule is CC(C)c1c(CO)c(CO)c(-c2ccc(F)cc2)n1CC[C@H]1C[C@H](O)CC(=O)O1. The highest BCUT2D eigenvalue weighted by molar-refractivity contribution is 5.71. The predicted molar refractivity (Wildman–Crippen MR) is 105 cm³/mol. The van der Waals surface area contributed by atoms with E-state index in [1.165, 1.54) is 12.1 Å². The van der Waals surface area contributed by atoms with E-state index in [9.17, 15) is 24.5 Å². The Labute approximate surface area is 169 Å². The summed E-state index contributed by atoms with van der Waals surface area (Å²) in [7, 11) is 0. The molecular formula is C22H28FNO5. The predicted octanol–water partition coefficient (Wildman–Crippen LogP) is 2.86. The number of benzene rings is 1. The van der Waals surface area contributed by atoms with Gasteiger partial charge in [0.15, 0.2) is 0 Å². The molecule has 1 aliphatic heterocycles. The van der Waals surface area contributed by atoms with Crippen LogP contribution in [0.5, 0.6) is 0 Å². The lowest BCUT2D eigenvalue weighted by atomic mass is 10.0. The summed E-state index contributed by atoms with van der Waals surface area (Å²) in [6.45, 7) is 4.00. The molecule has 1 fully saturated rings. The second kappa shape index (κ2) is 9.07. The number of ether oxygens (including phenoxy) is 1. The number of carbonyl (C=O) groups excluding carboxylic acids is 1. The monoisotopic (exact) mass is 405 g/mol. The fraction of sp³-hybridized carbons (Fsp3) is 0.500. The minimum absolute atomic E-state index is 0.0153. The molecule has 0 radical (unpaired) electrons. The summed E-state index contributed by atoms with van der Waals surface area (Å²) in [5, 5.41) is 29.9. The quantitative estimate of drug-likeness (QED) is 0.616. The van der Waals surface area contributed by atoms with Crippen LogP contribution in [0.3, 0.4) is 0 Å². The van der Waals surface area contributed by atoms with Gasteiger partial charge in [0.2, 0.25) is 0 Å². The molecule has 3 N–H and O–H groups in total. The van der Waals surface area contributed by atoms with Crippen LogP contribution in [0, 0.1) is 5.82 Å².